The summed E-state index contributed by atoms with van der Waals surface area (Å²) < 4.78 is 0. The molecule has 22 heavy (non-hydrogen) atoms. The summed E-state index contributed by atoms with van der Waals surface area (Å²) in [5.41, 5.74) is 1.61. The molecule has 1 aromatic carbocycles. The molecule has 0 aliphatic carbocycles. The van der Waals surface area contributed by atoms with Crippen molar-refractivity contribution in [2.75, 3.05) is 7.05 Å². The minimum Gasteiger partial charge on any atom is -0.298 e. The maximum absolute atomic E-state index is 12.2. The van der Waals surface area contributed by atoms with Gasteiger partial charge in [-0.15, -0.1) is 0 Å². The fraction of sp³-hybridized carbons (Fsp3) is 0.125. The third-order valence-corrected chi connectivity index (χ3v) is 2.96. The van der Waals surface area contributed by atoms with Gasteiger partial charge in [0, 0.05) is 18.8 Å². The van der Waals surface area contributed by atoms with Crippen LogP contribution in [-0.4, -0.2) is 29.3 Å². The van der Waals surface area contributed by atoms with E-state index in [0.717, 1.165) is 5.06 Å². The summed E-state index contributed by atoms with van der Waals surface area (Å²) in [5.74, 6) is -0.420. The zero-order chi connectivity index (χ0) is 15.9. The lowest BCUT2D eigenvalue weighted by molar-refractivity contribution is -0.117. The fourth-order valence-electron chi connectivity index (χ4n) is 1.76. The molecule has 0 bridgehead atoms. The highest BCUT2D eigenvalue weighted by Crippen LogP contribution is 2.10. The van der Waals surface area contributed by atoms with E-state index in [1.807, 2.05) is 6.07 Å². The highest BCUT2D eigenvalue weighted by molar-refractivity contribution is 6.00. The Labute approximate surface area is 127 Å². The second kappa shape index (κ2) is 7.11. The molecule has 0 saturated heterocycles. The van der Waals surface area contributed by atoms with Gasteiger partial charge in [0.25, 0.3) is 5.91 Å². The molecule has 0 aliphatic heterocycles. The van der Waals surface area contributed by atoms with Gasteiger partial charge in [0.05, 0.1) is 16.8 Å². The molecule has 1 heterocycles. The number of carbonyl (C=O) groups excluding carboxylic acids is 2. The molecule has 0 unspecified atom stereocenters. The lowest BCUT2D eigenvalue weighted by Gasteiger charge is -2.17. The molecule has 110 valence electrons. The van der Waals surface area contributed by atoms with Crippen LogP contribution in [-0.2, 0) is 11.4 Å². The van der Waals surface area contributed by atoms with Crippen LogP contribution in [0.25, 0.3) is 0 Å². The Morgan fingerprint density at radius 3 is 2.77 bits per heavy atom. The van der Waals surface area contributed by atoms with Crippen LogP contribution in [0.2, 0.25) is 0 Å². The normalized spacial score (nSPS) is 9.82. The number of hydrogen-bond acceptors (Lipinski definition) is 5. The van der Waals surface area contributed by atoms with Crippen LogP contribution in [0.4, 0.5) is 0 Å². The van der Waals surface area contributed by atoms with Crippen LogP contribution < -0.4 is 0 Å². The third kappa shape index (κ3) is 3.53. The van der Waals surface area contributed by atoms with Crippen molar-refractivity contribution in [3.63, 3.8) is 0 Å². The number of carbonyl (C=O) groups is 2. The first-order valence-electron chi connectivity index (χ1n) is 6.46. The highest BCUT2D eigenvalue weighted by atomic mass is 16.7. The van der Waals surface area contributed by atoms with Crippen LogP contribution in [0.1, 0.15) is 32.0 Å². The number of nitriles is 1. The Morgan fingerprint density at radius 1 is 1.36 bits per heavy atom. The Hall–Kier alpha value is -3.04. The molecule has 0 aliphatic rings. The molecule has 0 saturated carbocycles. The average Bonchev–Trinajstić information content (AvgIpc) is 2.59. The van der Waals surface area contributed by atoms with Crippen LogP contribution in [0.15, 0.2) is 42.6 Å². The molecule has 0 radical (unpaired) electrons. The predicted molar refractivity (Wildman–Crippen MR) is 77.7 cm³/mol. The first-order chi connectivity index (χ1) is 10.7. The molecule has 0 atom stereocenters. The van der Waals surface area contributed by atoms with Crippen molar-refractivity contribution in [1.29, 1.82) is 5.26 Å². The van der Waals surface area contributed by atoms with Crippen molar-refractivity contribution < 1.29 is 14.4 Å². The summed E-state index contributed by atoms with van der Waals surface area (Å²) in [7, 11) is 1.47. The molecule has 2 aromatic rings. The standard InChI is InChI=1S/C16H13N3O3/c1-19(16(21)15-5-3-2-4-13(15)10-20)22-11-14-7-6-12(8-17)9-18-14/h2-7,9-10H,11H2,1H3. The number of aldehydes is 1. The predicted octanol–water partition coefficient (Wildman–Crippen LogP) is 1.97. The number of rotatable bonds is 5. The van der Waals surface area contributed by atoms with Crippen LogP contribution in [0.5, 0.6) is 0 Å². The Bertz CT molecular complexity index is 720. The maximum atomic E-state index is 12.2. The lowest BCUT2D eigenvalue weighted by atomic mass is 10.1. The molecular weight excluding hydrogens is 282 g/mol. The van der Waals surface area contributed by atoms with Crippen molar-refractivity contribution in [3.05, 3.63) is 65.0 Å². The van der Waals surface area contributed by atoms with Gasteiger partial charge in [-0.05, 0) is 18.2 Å². The van der Waals surface area contributed by atoms with Gasteiger partial charge < -0.3 is 0 Å². The molecule has 0 N–H and O–H groups in total. The summed E-state index contributed by atoms with van der Waals surface area (Å²) in [6.45, 7) is 0.0806. The van der Waals surface area contributed by atoms with Gasteiger partial charge in [-0.3, -0.25) is 19.4 Å². The van der Waals surface area contributed by atoms with Crippen LogP contribution in [0.3, 0.4) is 0 Å². The first-order valence-corrected chi connectivity index (χ1v) is 6.46. The monoisotopic (exact) mass is 295 g/mol. The van der Waals surface area contributed by atoms with Crippen LogP contribution >= 0.6 is 0 Å². The highest BCUT2D eigenvalue weighted by Gasteiger charge is 2.16. The van der Waals surface area contributed by atoms with E-state index in [-0.39, 0.29) is 12.2 Å². The van der Waals surface area contributed by atoms with Gasteiger partial charge in [0.1, 0.15) is 12.7 Å². The number of benzene rings is 1. The fourth-order valence-corrected chi connectivity index (χ4v) is 1.76. The van der Waals surface area contributed by atoms with Crippen molar-refractivity contribution in [3.8, 4) is 6.07 Å². The van der Waals surface area contributed by atoms with Gasteiger partial charge in [-0.1, -0.05) is 18.2 Å². The second-order valence-corrected chi connectivity index (χ2v) is 4.43. The zero-order valence-corrected chi connectivity index (χ0v) is 11.9. The minimum atomic E-state index is -0.420. The number of pyridine rings is 1. The number of aromatic nitrogens is 1. The lowest BCUT2D eigenvalue weighted by Crippen LogP contribution is -2.27. The smallest absolute Gasteiger partial charge is 0.277 e. The van der Waals surface area contributed by atoms with Crippen LogP contribution in [0, 0.1) is 11.3 Å². The largest absolute Gasteiger partial charge is 0.298 e. The topological polar surface area (TPSA) is 83.3 Å². The van der Waals surface area contributed by atoms with Gasteiger partial charge in [-0.2, -0.15) is 5.26 Å². The van der Waals surface area contributed by atoms with E-state index in [4.69, 9.17) is 10.1 Å². The average molecular weight is 295 g/mol. The maximum Gasteiger partial charge on any atom is 0.277 e. The Morgan fingerprint density at radius 2 is 2.14 bits per heavy atom. The Balaban J connectivity index is 2.02. The summed E-state index contributed by atoms with van der Waals surface area (Å²) in [6, 6.07) is 11.7. The molecular formula is C16H13N3O3. The van der Waals surface area contributed by atoms with Gasteiger partial charge >= 0.3 is 0 Å². The summed E-state index contributed by atoms with van der Waals surface area (Å²) in [4.78, 5) is 32.6. The SMILES string of the molecule is CN(OCc1ccc(C#N)cn1)C(=O)c1ccccc1C=O. The van der Waals surface area contributed by atoms with E-state index in [9.17, 15) is 9.59 Å². The number of amides is 1. The zero-order valence-electron chi connectivity index (χ0n) is 11.9. The van der Waals surface area contributed by atoms with E-state index >= 15 is 0 Å². The van der Waals surface area contributed by atoms with E-state index in [0.29, 0.717) is 23.1 Å². The molecule has 0 spiro atoms. The summed E-state index contributed by atoms with van der Waals surface area (Å²) in [6.07, 6.45) is 2.06. The molecule has 1 amide bonds. The molecule has 2 rings (SSSR count). The van der Waals surface area contributed by atoms with Crippen molar-refractivity contribution >= 4 is 12.2 Å². The quantitative estimate of drug-likeness (QED) is 0.622. The van der Waals surface area contributed by atoms with Crippen molar-refractivity contribution in [2.45, 2.75) is 6.61 Å². The van der Waals surface area contributed by atoms with Gasteiger partial charge in [0.2, 0.25) is 0 Å². The molecule has 6 nitrogen and oxygen atoms in total. The van der Waals surface area contributed by atoms with E-state index in [1.165, 1.54) is 13.2 Å². The van der Waals surface area contributed by atoms with Crippen molar-refractivity contribution in [1.82, 2.24) is 10.0 Å². The number of hydrogen-bond donors (Lipinski definition) is 0. The molecule has 1 aromatic heterocycles. The van der Waals surface area contributed by atoms with Crippen molar-refractivity contribution in [2.24, 2.45) is 0 Å². The van der Waals surface area contributed by atoms with E-state index in [1.54, 1.807) is 36.4 Å². The van der Waals surface area contributed by atoms with E-state index < -0.39 is 5.91 Å². The summed E-state index contributed by atoms with van der Waals surface area (Å²) >= 11 is 0. The molecule has 0 fully saturated rings. The second-order valence-electron chi connectivity index (χ2n) is 4.43. The summed E-state index contributed by atoms with van der Waals surface area (Å²) in [5, 5.41) is 9.75. The Kier molecular flexibility index (Phi) is 4.96. The van der Waals surface area contributed by atoms with Gasteiger partial charge in [-0.25, -0.2) is 5.06 Å². The third-order valence-electron chi connectivity index (χ3n) is 2.96. The van der Waals surface area contributed by atoms with E-state index in [2.05, 4.69) is 4.98 Å². The first kappa shape index (κ1) is 15.4. The minimum absolute atomic E-state index is 0.0806. The van der Waals surface area contributed by atoms with Gasteiger partial charge in [0.15, 0.2) is 6.29 Å². The molecule has 6 heteroatoms. The number of hydroxylamine groups is 2. The number of nitrogens with zero attached hydrogens (tertiary/aromatic N) is 3.